The van der Waals surface area contributed by atoms with E-state index in [1.165, 1.54) is 13.3 Å². The first-order valence-electron chi connectivity index (χ1n) is 6.22. The molecular formula is C17H13NO3. The third-order valence-corrected chi connectivity index (χ3v) is 2.82. The molecule has 0 saturated heterocycles. The third kappa shape index (κ3) is 3.48. The van der Waals surface area contributed by atoms with Gasteiger partial charge in [0, 0.05) is 16.7 Å². The molecule has 0 bridgehead atoms. The fourth-order valence-electron chi connectivity index (χ4n) is 1.80. The van der Waals surface area contributed by atoms with Gasteiger partial charge in [-0.25, -0.2) is 4.79 Å². The van der Waals surface area contributed by atoms with Crippen LogP contribution in [-0.2, 0) is 4.74 Å². The largest absolute Gasteiger partial charge is 0.465 e. The molecule has 0 heterocycles. The molecule has 0 atom stereocenters. The summed E-state index contributed by atoms with van der Waals surface area (Å²) in [6.45, 7) is 0. The number of nitrogens with zero attached hydrogens (tertiary/aromatic N) is 1. The van der Waals surface area contributed by atoms with Crippen LogP contribution in [0.15, 0.2) is 53.7 Å². The number of ether oxygens (including phenoxy) is 1. The van der Waals surface area contributed by atoms with Crippen molar-refractivity contribution in [1.29, 1.82) is 0 Å². The lowest BCUT2D eigenvalue weighted by atomic mass is 10.1. The first kappa shape index (κ1) is 14.4. The van der Waals surface area contributed by atoms with Crippen molar-refractivity contribution in [3.63, 3.8) is 0 Å². The quantitative estimate of drug-likeness (QED) is 0.302. The van der Waals surface area contributed by atoms with Gasteiger partial charge in [0.25, 0.3) is 0 Å². The normalized spacial score (nSPS) is 9.95. The molecule has 4 heteroatoms. The number of oxime groups is 1. The fourth-order valence-corrected chi connectivity index (χ4v) is 1.80. The second kappa shape index (κ2) is 6.92. The van der Waals surface area contributed by atoms with Gasteiger partial charge in [-0.2, -0.15) is 0 Å². The molecule has 104 valence electrons. The second-order valence-corrected chi connectivity index (χ2v) is 4.12. The van der Waals surface area contributed by atoms with Crippen LogP contribution in [0.5, 0.6) is 0 Å². The highest BCUT2D eigenvalue weighted by Gasteiger charge is 2.08. The van der Waals surface area contributed by atoms with E-state index in [-0.39, 0.29) is 0 Å². The molecule has 21 heavy (non-hydrogen) atoms. The van der Waals surface area contributed by atoms with Crippen LogP contribution in [0.1, 0.15) is 27.0 Å². The monoisotopic (exact) mass is 279 g/mol. The average molecular weight is 279 g/mol. The molecule has 0 amide bonds. The lowest BCUT2D eigenvalue weighted by molar-refractivity contribution is 0.0600. The summed E-state index contributed by atoms with van der Waals surface area (Å²) in [5, 5.41) is 11.7. The van der Waals surface area contributed by atoms with Crippen LogP contribution in [0.2, 0.25) is 0 Å². The van der Waals surface area contributed by atoms with E-state index in [2.05, 4.69) is 17.0 Å². The lowest BCUT2D eigenvalue weighted by Gasteiger charge is -2.01. The SMILES string of the molecule is COC(=O)c1ccccc1C#Cc1ccccc1/C=N/O. The number of esters is 1. The summed E-state index contributed by atoms with van der Waals surface area (Å²) in [5.41, 5.74) is 2.40. The van der Waals surface area contributed by atoms with Crippen LogP contribution >= 0.6 is 0 Å². The van der Waals surface area contributed by atoms with Crippen molar-refractivity contribution in [3.05, 3.63) is 70.8 Å². The Hall–Kier alpha value is -3.06. The molecule has 0 unspecified atom stereocenters. The zero-order valence-electron chi connectivity index (χ0n) is 11.4. The highest BCUT2D eigenvalue weighted by molar-refractivity contribution is 5.92. The summed E-state index contributed by atoms with van der Waals surface area (Å²) in [4.78, 5) is 11.7. The van der Waals surface area contributed by atoms with Gasteiger partial charge in [0.1, 0.15) is 0 Å². The van der Waals surface area contributed by atoms with E-state index >= 15 is 0 Å². The summed E-state index contributed by atoms with van der Waals surface area (Å²) in [6, 6.07) is 14.2. The Labute approximate surface area is 122 Å². The van der Waals surface area contributed by atoms with E-state index in [1.54, 1.807) is 30.3 Å². The molecular weight excluding hydrogens is 266 g/mol. The van der Waals surface area contributed by atoms with Gasteiger partial charge in [-0.15, -0.1) is 0 Å². The van der Waals surface area contributed by atoms with E-state index in [0.29, 0.717) is 22.3 Å². The van der Waals surface area contributed by atoms with Gasteiger partial charge in [0.15, 0.2) is 0 Å². The molecule has 2 aromatic rings. The van der Waals surface area contributed by atoms with Crippen LogP contribution in [-0.4, -0.2) is 24.5 Å². The van der Waals surface area contributed by atoms with Crippen LogP contribution in [0.4, 0.5) is 0 Å². The van der Waals surface area contributed by atoms with Crippen LogP contribution < -0.4 is 0 Å². The molecule has 0 aromatic heterocycles. The third-order valence-electron chi connectivity index (χ3n) is 2.82. The van der Waals surface area contributed by atoms with Gasteiger partial charge in [0.2, 0.25) is 0 Å². The maximum Gasteiger partial charge on any atom is 0.339 e. The first-order chi connectivity index (χ1) is 10.3. The summed E-state index contributed by atoms with van der Waals surface area (Å²) in [5.74, 6) is 5.50. The van der Waals surface area contributed by atoms with E-state index in [1.807, 2.05) is 18.2 Å². The zero-order chi connectivity index (χ0) is 15.1. The second-order valence-electron chi connectivity index (χ2n) is 4.12. The number of hydrogen-bond donors (Lipinski definition) is 1. The highest BCUT2D eigenvalue weighted by Crippen LogP contribution is 2.10. The minimum absolute atomic E-state index is 0.417. The number of benzene rings is 2. The molecule has 0 spiro atoms. The molecule has 4 nitrogen and oxygen atoms in total. The first-order valence-corrected chi connectivity index (χ1v) is 6.22. The summed E-state index contributed by atoms with van der Waals surface area (Å²) < 4.78 is 4.73. The molecule has 0 aliphatic carbocycles. The van der Waals surface area contributed by atoms with Crippen LogP contribution in [0.3, 0.4) is 0 Å². The Morgan fingerprint density at radius 3 is 2.43 bits per heavy atom. The maximum absolute atomic E-state index is 11.7. The Morgan fingerprint density at radius 2 is 1.71 bits per heavy atom. The molecule has 0 aliphatic rings. The Morgan fingerprint density at radius 1 is 1.10 bits per heavy atom. The number of methoxy groups -OCH3 is 1. The molecule has 0 fully saturated rings. The zero-order valence-corrected chi connectivity index (χ0v) is 11.4. The Bertz CT molecular complexity index is 739. The molecule has 2 rings (SSSR count). The maximum atomic E-state index is 11.7. The van der Waals surface area contributed by atoms with E-state index < -0.39 is 5.97 Å². The summed E-state index contributed by atoms with van der Waals surface area (Å²) >= 11 is 0. The number of rotatable bonds is 2. The lowest BCUT2D eigenvalue weighted by Crippen LogP contribution is -2.03. The van der Waals surface area contributed by atoms with Crippen molar-refractivity contribution in [2.75, 3.05) is 7.11 Å². The Balaban J connectivity index is 2.43. The van der Waals surface area contributed by atoms with E-state index in [9.17, 15) is 4.79 Å². The van der Waals surface area contributed by atoms with Gasteiger partial charge in [-0.1, -0.05) is 47.3 Å². The number of hydrogen-bond acceptors (Lipinski definition) is 4. The topological polar surface area (TPSA) is 58.9 Å². The van der Waals surface area contributed by atoms with Crippen molar-refractivity contribution in [2.24, 2.45) is 5.16 Å². The predicted molar refractivity (Wildman–Crippen MR) is 79.6 cm³/mol. The van der Waals surface area contributed by atoms with Crippen LogP contribution in [0.25, 0.3) is 0 Å². The standard InChI is InChI=1S/C17H13NO3/c1-21-17(19)16-9-5-4-7-14(16)11-10-13-6-2-3-8-15(13)12-18-20/h2-9,12,20H,1H3/b18-12+. The number of carbonyl (C=O) groups is 1. The average Bonchev–Trinajstić information content (AvgIpc) is 2.54. The minimum Gasteiger partial charge on any atom is -0.465 e. The van der Waals surface area contributed by atoms with Gasteiger partial charge in [-0.05, 0) is 18.2 Å². The van der Waals surface area contributed by atoms with Crippen molar-refractivity contribution in [1.82, 2.24) is 0 Å². The fraction of sp³-hybridized carbons (Fsp3) is 0.0588. The van der Waals surface area contributed by atoms with Crippen molar-refractivity contribution in [2.45, 2.75) is 0 Å². The van der Waals surface area contributed by atoms with Crippen molar-refractivity contribution >= 4 is 12.2 Å². The van der Waals surface area contributed by atoms with Gasteiger partial charge in [-0.3, -0.25) is 0 Å². The molecule has 2 aromatic carbocycles. The summed E-state index contributed by atoms with van der Waals surface area (Å²) in [6.07, 6.45) is 1.32. The number of carbonyl (C=O) groups excluding carboxylic acids is 1. The molecule has 1 N–H and O–H groups in total. The predicted octanol–water partition coefficient (Wildman–Crippen LogP) is 2.68. The Kier molecular flexibility index (Phi) is 4.73. The van der Waals surface area contributed by atoms with Gasteiger partial charge >= 0.3 is 5.97 Å². The highest BCUT2D eigenvalue weighted by atomic mass is 16.5. The van der Waals surface area contributed by atoms with Gasteiger partial charge < -0.3 is 9.94 Å². The molecule has 0 radical (unpaired) electrons. The van der Waals surface area contributed by atoms with Gasteiger partial charge in [0.05, 0.1) is 18.9 Å². The molecule has 0 saturated carbocycles. The molecule has 0 aliphatic heterocycles. The van der Waals surface area contributed by atoms with Crippen LogP contribution in [0, 0.1) is 11.8 Å². The smallest absolute Gasteiger partial charge is 0.339 e. The minimum atomic E-state index is -0.426. The van der Waals surface area contributed by atoms with Crippen molar-refractivity contribution in [3.8, 4) is 11.8 Å². The van der Waals surface area contributed by atoms with Crippen molar-refractivity contribution < 1.29 is 14.7 Å². The van der Waals surface area contributed by atoms with E-state index in [0.717, 1.165) is 0 Å². The van der Waals surface area contributed by atoms with E-state index in [4.69, 9.17) is 9.94 Å². The summed E-state index contributed by atoms with van der Waals surface area (Å²) in [7, 11) is 1.33.